The minimum atomic E-state index is -0.307. The Morgan fingerprint density at radius 2 is 1.81 bits per heavy atom. The number of hydrogen-bond acceptors (Lipinski definition) is 3. The number of halogens is 1. The number of benzene rings is 2. The maximum atomic E-state index is 12.7. The molecule has 0 heterocycles. The van der Waals surface area contributed by atoms with Crippen LogP contribution in [0.1, 0.15) is 11.1 Å². The lowest BCUT2D eigenvalue weighted by Gasteiger charge is -2.05. The van der Waals surface area contributed by atoms with Gasteiger partial charge in [-0.15, -0.1) is 0 Å². The molecule has 0 aliphatic carbocycles. The fourth-order valence-electron chi connectivity index (χ4n) is 1.62. The van der Waals surface area contributed by atoms with Gasteiger partial charge in [0.25, 0.3) is 5.91 Å². The fraction of sp³-hybridized carbons (Fsp3) is 0.125. The van der Waals surface area contributed by atoms with Gasteiger partial charge in [0.15, 0.2) is 0 Å². The van der Waals surface area contributed by atoms with Crippen molar-refractivity contribution in [2.45, 2.75) is 6.92 Å². The molecule has 21 heavy (non-hydrogen) atoms. The highest BCUT2D eigenvalue weighted by Crippen LogP contribution is 2.07. The minimum Gasteiger partial charge on any atom is -0.376 e. The van der Waals surface area contributed by atoms with Gasteiger partial charge in [-0.05, 0) is 36.8 Å². The van der Waals surface area contributed by atoms with Crippen LogP contribution in [-0.2, 0) is 4.79 Å². The zero-order chi connectivity index (χ0) is 15.1. The smallest absolute Gasteiger partial charge is 0.259 e. The van der Waals surface area contributed by atoms with Crippen molar-refractivity contribution < 1.29 is 9.18 Å². The van der Waals surface area contributed by atoms with Crippen molar-refractivity contribution in [3.8, 4) is 0 Å². The van der Waals surface area contributed by atoms with E-state index < -0.39 is 0 Å². The van der Waals surface area contributed by atoms with Gasteiger partial charge in [0, 0.05) is 5.69 Å². The van der Waals surface area contributed by atoms with Crippen LogP contribution in [0.25, 0.3) is 0 Å². The first-order valence-electron chi connectivity index (χ1n) is 6.51. The van der Waals surface area contributed by atoms with Gasteiger partial charge in [0.1, 0.15) is 5.82 Å². The van der Waals surface area contributed by atoms with Crippen LogP contribution >= 0.6 is 0 Å². The van der Waals surface area contributed by atoms with Crippen molar-refractivity contribution in [3.05, 3.63) is 65.5 Å². The summed E-state index contributed by atoms with van der Waals surface area (Å²) < 4.78 is 12.7. The molecule has 108 valence electrons. The maximum Gasteiger partial charge on any atom is 0.259 e. The van der Waals surface area contributed by atoms with Gasteiger partial charge in [0.05, 0.1) is 12.8 Å². The Hall–Kier alpha value is -2.69. The third-order valence-electron chi connectivity index (χ3n) is 2.78. The maximum absolute atomic E-state index is 12.7. The predicted molar refractivity (Wildman–Crippen MR) is 81.8 cm³/mol. The van der Waals surface area contributed by atoms with E-state index in [1.807, 2.05) is 31.2 Å². The Kier molecular flexibility index (Phi) is 5.04. The molecule has 2 N–H and O–H groups in total. The first kappa shape index (κ1) is 14.7. The molecule has 0 fully saturated rings. The number of carbonyl (C=O) groups excluding carboxylic acids is 1. The zero-order valence-electron chi connectivity index (χ0n) is 11.6. The molecule has 0 aliphatic rings. The van der Waals surface area contributed by atoms with Crippen LogP contribution in [0.2, 0.25) is 0 Å². The average Bonchev–Trinajstić information content (AvgIpc) is 2.49. The minimum absolute atomic E-state index is 0.129. The van der Waals surface area contributed by atoms with Gasteiger partial charge in [-0.2, -0.15) is 5.10 Å². The van der Waals surface area contributed by atoms with Gasteiger partial charge in [-0.1, -0.05) is 29.8 Å². The SMILES string of the molecule is Cc1ccc(NCC(=O)N/N=C\c2ccc(F)cc2)cc1. The number of nitrogens with zero attached hydrogens (tertiary/aromatic N) is 1. The summed E-state index contributed by atoms with van der Waals surface area (Å²) in [6.45, 7) is 2.13. The van der Waals surface area contributed by atoms with Crippen LogP contribution in [-0.4, -0.2) is 18.7 Å². The highest BCUT2D eigenvalue weighted by molar-refractivity contribution is 5.84. The number of amides is 1. The predicted octanol–water partition coefficient (Wildman–Crippen LogP) is 2.70. The number of anilines is 1. The van der Waals surface area contributed by atoms with Gasteiger partial charge < -0.3 is 5.32 Å². The molecule has 4 nitrogen and oxygen atoms in total. The number of rotatable bonds is 5. The summed E-state index contributed by atoms with van der Waals surface area (Å²) in [5.74, 6) is -0.563. The van der Waals surface area contributed by atoms with E-state index >= 15 is 0 Å². The molecule has 0 bridgehead atoms. The normalized spacial score (nSPS) is 10.6. The first-order chi connectivity index (χ1) is 10.1. The molecule has 0 radical (unpaired) electrons. The lowest BCUT2D eigenvalue weighted by Crippen LogP contribution is -2.25. The van der Waals surface area contributed by atoms with Crippen molar-refractivity contribution in [2.75, 3.05) is 11.9 Å². The largest absolute Gasteiger partial charge is 0.376 e. The quantitative estimate of drug-likeness (QED) is 0.655. The van der Waals surface area contributed by atoms with E-state index in [1.165, 1.54) is 18.3 Å². The number of carbonyl (C=O) groups is 1. The van der Waals surface area contributed by atoms with Crippen molar-refractivity contribution in [1.29, 1.82) is 0 Å². The molecule has 2 aromatic carbocycles. The van der Waals surface area contributed by atoms with Crippen LogP contribution in [0.15, 0.2) is 53.6 Å². The molecular weight excluding hydrogens is 269 g/mol. The zero-order valence-corrected chi connectivity index (χ0v) is 11.6. The molecule has 0 unspecified atom stereocenters. The second kappa shape index (κ2) is 7.19. The van der Waals surface area contributed by atoms with Crippen LogP contribution in [0.5, 0.6) is 0 Å². The Morgan fingerprint density at radius 1 is 1.14 bits per heavy atom. The van der Waals surface area contributed by atoms with Crippen LogP contribution in [0, 0.1) is 12.7 Å². The van der Waals surface area contributed by atoms with Crippen molar-refractivity contribution in [2.24, 2.45) is 5.10 Å². The van der Waals surface area contributed by atoms with Crippen molar-refractivity contribution in [1.82, 2.24) is 5.43 Å². The molecule has 0 aliphatic heterocycles. The summed E-state index contributed by atoms with van der Waals surface area (Å²) in [6, 6.07) is 13.6. The van der Waals surface area contributed by atoms with Gasteiger partial charge in [0.2, 0.25) is 0 Å². The lowest BCUT2D eigenvalue weighted by molar-refractivity contribution is -0.119. The monoisotopic (exact) mass is 285 g/mol. The van der Waals surface area contributed by atoms with Gasteiger partial charge in [-0.25, -0.2) is 9.82 Å². The van der Waals surface area contributed by atoms with Crippen LogP contribution in [0.4, 0.5) is 10.1 Å². The van der Waals surface area contributed by atoms with E-state index in [4.69, 9.17) is 0 Å². The summed E-state index contributed by atoms with van der Waals surface area (Å²) in [6.07, 6.45) is 1.46. The first-order valence-corrected chi connectivity index (χ1v) is 6.51. The summed E-state index contributed by atoms with van der Waals surface area (Å²) in [5.41, 5.74) is 5.15. The fourth-order valence-corrected chi connectivity index (χ4v) is 1.62. The summed E-state index contributed by atoms with van der Waals surface area (Å²) >= 11 is 0. The van der Waals surface area contributed by atoms with Gasteiger partial charge >= 0.3 is 0 Å². The van der Waals surface area contributed by atoms with Crippen molar-refractivity contribution >= 4 is 17.8 Å². The molecule has 0 aromatic heterocycles. The average molecular weight is 285 g/mol. The third kappa shape index (κ3) is 5.06. The number of hydrogen-bond donors (Lipinski definition) is 2. The number of nitrogens with one attached hydrogen (secondary N) is 2. The topological polar surface area (TPSA) is 53.5 Å². The molecule has 2 aromatic rings. The summed E-state index contributed by atoms with van der Waals surface area (Å²) in [7, 11) is 0. The van der Waals surface area contributed by atoms with Crippen molar-refractivity contribution in [3.63, 3.8) is 0 Å². The number of aryl methyl sites for hydroxylation is 1. The highest BCUT2D eigenvalue weighted by atomic mass is 19.1. The third-order valence-corrected chi connectivity index (χ3v) is 2.78. The molecular formula is C16H16FN3O. The molecule has 0 saturated heterocycles. The molecule has 5 heteroatoms. The van der Waals surface area contributed by atoms with E-state index in [2.05, 4.69) is 15.8 Å². The highest BCUT2D eigenvalue weighted by Gasteiger charge is 1.99. The summed E-state index contributed by atoms with van der Waals surface area (Å²) in [5, 5.41) is 6.80. The van der Waals surface area contributed by atoms with Crippen LogP contribution < -0.4 is 10.7 Å². The molecule has 0 saturated carbocycles. The Balaban J connectivity index is 1.77. The van der Waals surface area contributed by atoms with E-state index in [-0.39, 0.29) is 18.3 Å². The van der Waals surface area contributed by atoms with Gasteiger partial charge in [-0.3, -0.25) is 4.79 Å². The Morgan fingerprint density at radius 3 is 2.48 bits per heavy atom. The molecule has 2 rings (SSSR count). The standard InChI is InChI=1S/C16H16FN3O/c1-12-2-8-15(9-3-12)18-11-16(21)20-19-10-13-4-6-14(17)7-5-13/h2-10,18H,11H2,1H3,(H,20,21)/b19-10-. The molecule has 0 atom stereocenters. The lowest BCUT2D eigenvalue weighted by atomic mass is 10.2. The second-order valence-corrected chi connectivity index (χ2v) is 4.56. The Labute approximate surface area is 122 Å². The molecule has 1 amide bonds. The van der Waals surface area contributed by atoms with Crippen LogP contribution in [0.3, 0.4) is 0 Å². The van der Waals surface area contributed by atoms with E-state index in [1.54, 1.807) is 12.1 Å². The van der Waals surface area contributed by atoms with E-state index in [0.29, 0.717) is 5.56 Å². The second-order valence-electron chi connectivity index (χ2n) is 4.56. The molecule has 0 spiro atoms. The Bertz CT molecular complexity index is 621. The van der Waals surface area contributed by atoms with E-state index in [0.717, 1.165) is 11.3 Å². The summed E-state index contributed by atoms with van der Waals surface area (Å²) in [4.78, 5) is 11.6. The number of hydrazone groups is 1. The van der Waals surface area contributed by atoms with E-state index in [9.17, 15) is 9.18 Å².